The predicted molar refractivity (Wildman–Crippen MR) is 88.3 cm³/mol. The standard InChI is InChI=1S/C19H16O7/c20-13-3-1-2-11-17(13)18(25)10-7-19(11,26)12-6-15(22)14(21)4-9(12)8(10)5-16(23)24/h1-4,6,8,10,20-22,26H,5,7H2,(H,23,24)/t8-,10?,19-/m0/s1. The zero-order valence-electron chi connectivity index (χ0n) is 13.5. The number of carbonyl (C=O) groups is 2. The fourth-order valence-electron chi connectivity index (χ4n) is 4.35. The monoisotopic (exact) mass is 356 g/mol. The van der Waals surface area contributed by atoms with Crippen molar-refractivity contribution in [2.24, 2.45) is 5.92 Å². The third-order valence-corrected chi connectivity index (χ3v) is 5.46. The number of aliphatic hydroxyl groups is 1. The first-order valence-corrected chi connectivity index (χ1v) is 8.11. The lowest BCUT2D eigenvalue weighted by Crippen LogP contribution is -2.46. The summed E-state index contributed by atoms with van der Waals surface area (Å²) < 4.78 is 0. The number of rotatable bonds is 2. The van der Waals surface area contributed by atoms with Crippen molar-refractivity contribution >= 4 is 11.8 Å². The molecule has 26 heavy (non-hydrogen) atoms. The highest BCUT2D eigenvalue weighted by atomic mass is 16.4. The minimum atomic E-state index is -1.68. The van der Waals surface area contributed by atoms with E-state index < -0.39 is 40.7 Å². The molecule has 0 saturated carbocycles. The average molecular weight is 356 g/mol. The minimum absolute atomic E-state index is 0.0279. The summed E-state index contributed by atoms with van der Waals surface area (Å²) in [6, 6.07) is 6.76. The molecule has 0 aromatic heterocycles. The lowest BCUT2D eigenvalue weighted by Gasteiger charge is -2.46. The molecule has 0 aliphatic heterocycles. The molecule has 2 aliphatic carbocycles. The van der Waals surface area contributed by atoms with Gasteiger partial charge < -0.3 is 25.5 Å². The Kier molecular flexibility index (Phi) is 3.29. The Morgan fingerprint density at radius 1 is 1.08 bits per heavy atom. The quantitative estimate of drug-likeness (QED) is 0.518. The molecular weight excluding hydrogens is 340 g/mol. The fourth-order valence-corrected chi connectivity index (χ4v) is 4.35. The maximum absolute atomic E-state index is 13.0. The van der Waals surface area contributed by atoms with Gasteiger partial charge in [-0.25, -0.2) is 0 Å². The maximum atomic E-state index is 13.0. The molecule has 0 heterocycles. The van der Waals surface area contributed by atoms with Crippen LogP contribution in [0.15, 0.2) is 30.3 Å². The second-order valence-electron chi connectivity index (χ2n) is 6.87. The second kappa shape index (κ2) is 5.22. The van der Waals surface area contributed by atoms with E-state index in [-0.39, 0.29) is 35.3 Å². The summed E-state index contributed by atoms with van der Waals surface area (Å²) in [5, 5.41) is 50.7. The van der Waals surface area contributed by atoms with Gasteiger partial charge >= 0.3 is 5.97 Å². The summed E-state index contributed by atoms with van der Waals surface area (Å²) in [5.41, 5.74) is -0.959. The second-order valence-corrected chi connectivity index (χ2v) is 6.87. The molecule has 0 fully saturated rings. The van der Waals surface area contributed by atoms with Gasteiger partial charge in [0.15, 0.2) is 17.3 Å². The van der Waals surface area contributed by atoms with E-state index in [1.54, 1.807) is 0 Å². The number of hydrogen-bond acceptors (Lipinski definition) is 6. The molecule has 0 amide bonds. The van der Waals surface area contributed by atoms with E-state index >= 15 is 0 Å². The number of ketones is 1. The molecule has 7 nitrogen and oxygen atoms in total. The molecule has 2 aliphatic rings. The van der Waals surface area contributed by atoms with Crippen LogP contribution < -0.4 is 0 Å². The maximum Gasteiger partial charge on any atom is 0.303 e. The van der Waals surface area contributed by atoms with Gasteiger partial charge in [0.05, 0.1) is 12.0 Å². The summed E-state index contributed by atoms with van der Waals surface area (Å²) in [6.45, 7) is 0. The number of aromatic hydroxyl groups is 3. The molecule has 7 heteroatoms. The highest BCUT2D eigenvalue weighted by Gasteiger charge is 2.53. The highest BCUT2D eigenvalue weighted by molar-refractivity contribution is 6.04. The first-order valence-electron chi connectivity index (χ1n) is 8.11. The van der Waals surface area contributed by atoms with E-state index in [9.17, 15) is 35.1 Å². The Labute approximate surface area is 147 Å². The van der Waals surface area contributed by atoms with Crippen molar-refractivity contribution in [2.75, 3.05) is 0 Å². The van der Waals surface area contributed by atoms with Gasteiger partial charge in [0.25, 0.3) is 0 Å². The molecule has 0 spiro atoms. The van der Waals surface area contributed by atoms with E-state index in [1.807, 2.05) is 0 Å². The van der Waals surface area contributed by atoms with Crippen molar-refractivity contribution in [1.82, 2.24) is 0 Å². The van der Waals surface area contributed by atoms with Crippen LogP contribution in [0.3, 0.4) is 0 Å². The number of phenolic OH excluding ortho intramolecular Hbond substituents is 3. The normalized spacial score (nSPS) is 26.1. The topological polar surface area (TPSA) is 135 Å². The lowest BCUT2D eigenvalue weighted by atomic mass is 9.58. The van der Waals surface area contributed by atoms with Gasteiger partial charge in [-0.05, 0) is 35.7 Å². The Morgan fingerprint density at radius 3 is 2.46 bits per heavy atom. The SMILES string of the molecule is O=C(O)C[C@H]1c2cc(O)c(O)cc2[C@]2(O)CC1C(=O)c1c(O)cccc12. The van der Waals surface area contributed by atoms with Crippen LogP contribution in [0.5, 0.6) is 17.2 Å². The zero-order valence-corrected chi connectivity index (χ0v) is 13.5. The van der Waals surface area contributed by atoms with Crippen molar-refractivity contribution in [3.05, 3.63) is 52.6 Å². The van der Waals surface area contributed by atoms with E-state index in [2.05, 4.69) is 0 Å². The van der Waals surface area contributed by atoms with Gasteiger partial charge in [-0.2, -0.15) is 0 Å². The zero-order chi connectivity index (χ0) is 18.8. The number of phenols is 3. The molecule has 5 N–H and O–H groups in total. The van der Waals surface area contributed by atoms with Gasteiger partial charge in [-0.15, -0.1) is 0 Å². The number of carboxylic acids is 1. The first-order chi connectivity index (χ1) is 12.2. The van der Waals surface area contributed by atoms with Crippen LogP contribution in [-0.4, -0.2) is 37.3 Å². The number of benzene rings is 2. The van der Waals surface area contributed by atoms with Gasteiger partial charge in [0, 0.05) is 17.4 Å². The van der Waals surface area contributed by atoms with Crippen LogP contribution >= 0.6 is 0 Å². The highest BCUT2D eigenvalue weighted by Crippen LogP contribution is 2.56. The van der Waals surface area contributed by atoms with Gasteiger partial charge in [-0.1, -0.05) is 12.1 Å². The van der Waals surface area contributed by atoms with Crippen molar-refractivity contribution in [3.8, 4) is 17.2 Å². The molecule has 0 saturated heterocycles. The number of aliphatic carboxylic acids is 1. The van der Waals surface area contributed by atoms with Crippen LogP contribution in [0.2, 0.25) is 0 Å². The van der Waals surface area contributed by atoms with Crippen molar-refractivity contribution < 1.29 is 35.1 Å². The van der Waals surface area contributed by atoms with Crippen LogP contribution in [0.4, 0.5) is 0 Å². The minimum Gasteiger partial charge on any atom is -0.507 e. The lowest BCUT2D eigenvalue weighted by molar-refractivity contribution is -0.138. The summed E-state index contributed by atoms with van der Waals surface area (Å²) in [7, 11) is 0. The Hall–Kier alpha value is -3.06. The van der Waals surface area contributed by atoms with E-state index in [0.717, 1.165) is 0 Å². The number of fused-ring (bicyclic) bond motifs is 6. The molecule has 0 radical (unpaired) electrons. The molecule has 4 rings (SSSR count). The Bertz CT molecular complexity index is 965. The van der Waals surface area contributed by atoms with Gasteiger partial charge in [0.2, 0.25) is 0 Å². The summed E-state index contributed by atoms with van der Waals surface area (Å²) in [4.78, 5) is 24.3. The summed E-state index contributed by atoms with van der Waals surface area (Å²) in [6.07, 6.45) is -0.440. The smallest absolute Gasteiger partial charge is 0.303 e. The first kappa shape index (κ1) is 16.4. The largest absolute Gasteiger partial charge is 0.507 e. The fraction of sp³-hybridized carbons (Fsp3) is 0.263. The van der Waals surface area contributed by atoms with Crippen molar-refractivity contribution in [1.29, 1.82) is 0 Å². The number of carbonyl (C=O) groups excluding carboxylic acids is 1. The summed E-state index contributed by atoms with van der Waals surface area (Å²) in [5.74, 6) is -4.42. The predicted octanol–water partition coefficient (Wildman–Crippen LogP) is 1.81. The third kappa shape index (κ3) is 2.04. The molecule has 2 aromatic rings. The number of hydrogen-bond donors (Lipinski definition) is 5. The van der Waals surface area contributed by atoms with Crippen LogP contribution in [0, 0.1) is 5.92 Å². The van der Waals surface area contributed by atoms with E-state index in [0.29, 0.717) is 5.56 Å². The van der Waals surface area contributed by atoms with Gasteiger partial charge in [0.1, 0.15) is 11.4 Å². The molecule has 134 valence electrons. The number of carboxylic acid groups (broad SMARTS) is 1. The molecule has 1 unspecified atom stereocenters. The van der Waals surface area contributed by atoms with Gasteiger partial charge in [-0.3, -0.25) is 9.59 Å². The molecular formula is C19H16O7. The van der Waals surface area contributed by atoms with E-state index in [1.165, 1.54) is 30.3 Å². The molecule has 3 atom stereocenters. The Morgan fingerprint density at radius 2 is 1.77 bits per heavy atom. The number of Topliss-reactive ketones (excluding diaryl/α,β-unsaturated/α-hetero) is 1. The molecule has 2 bridgehead atoms. The van der Waals surface area contributed by atoms with Crippen LogP contribution in [0.25, 0.3) is 0 Å². The Balaban J connectivity index is 2.06. The average Bonchev–Trinajstić information content (AvgIpc) is 2.57. The van der Waals surface area contributed by atoms with Crippen LogP contribution in [0.1, 0.15) is 45.8 Å². The third-order valence-electron chi connectivity index (χ3n) is 5.46. The molecule has 2 aromatic carbocycles. The van der Waals surface area contributed by atoms with Crippen molar-refractivity contribution in [2.45, 2.75) is 24.4 Å². The van der Waals surface area contributed by atoms with E-state index in [4.69, 9.17) is 0 Å². The van der Waals surface area contributed by atoms with Crippen LogP contribution in [-0.2, 0) is 10.4 Å². The van der Waals surface area contributed by atoms with Crippen molar-refractivity contribution in [3.63, 3.8) is 0 Å². The summed E-state index contributed by atoms with van der Waals surface area (Å²) >= 11 is 0.